The molecule has 0 radical (unpaired) electrons. The fourth-order valence-corrected chi connectivity index (χ4v) is 0.719. The highest BCUT2D eigenvalue weighted by Crippen LogP contribution is 1.84. The second-order valence-electron chi connectivity index (χ2n) is 2.28. The van der Waals surface area contributed by atoms with Crippen molar-refractivity contribution in [3.63, 3.8) is 0 Å². The predicted molar refractivity (Wildman–Crippen MR) is 44.4 cm³/mol. The molecule has 64 valence electrons. The minimum Gasteiger partial charge on any atom is -0.350 e. The minimum absolute atomic E-state index is 0.107. The van der Waals surface area contributed by atoms with Crippen molar-refractivity contribution in [3.05, 3.63) is 34.7 Å². The molecule has 0 saturated carbocycles. The molecular weight excluding hydrogens is 158 g/mol. The molecule has 0 atom stereocenters. The van der Waals surface area contributed by atoms with Crippen LogP contribution in [0.2, 0.25) is 0 Å². The van der Waals surface area contributed by atoms with Gasteiger partial charge < -0.3 is 5.73 Å². The van der Waals surface area contributed by atoms with E-state index in [0.717, 1.165) is 0 Å². The van der Waals surface area contributed by atoms with Crippen molar-refractivity contribution in [3.8, 4) is 0 Å². The van der Waals surface area contributed by atoms with Crippen LogP contribution in [0, 0.1) is 0 Å². The molecular formula is C7H9N3O2. The molecule has 0 unspecified atom stereocenters. The highest BCUT2D eigenvalue weighted by atomic mass is 16.2. The van der Waals surface area contributed by atoms with Crippen molar-refractivity contribution in [2.75, 3.05) is 12.1 Å². The number of nitrogens with two attached hydrogens (primary N) is 1. The number of primary amides is 1. The van der Waals surface area contributed by atoms with Gasteiger partial charge in [0, 0.05) is 31.6 Å². The van der Waals surface area contributed by atoms with Crippen molar-refractivity contribution in [1.29, 1.82) is 0 Å². The van der Waals surface area contributed by atoms with Crippen molar-refractivity contribution in [2.45, 2.75) is 0 Å². The third kappa shape index (κ3) is 1.63. The summed E-state index contributed by atoms with van der Waals surface area (Å²) >= 11 is 0. The number of urea groups is 1. The van der Waals surface area contributed by atoms with Crippen molar-refractivity contribution >= 4 is 6.03 Å². The zero-order chi connectivity index (χ0) is 9.14. The Hall–Kier alpha value is -1.78. The number of hydrogen-bond acceptors (Lipinski definition) is 2. The van der Waals surface area contributed by atoms with E-state index in [1.54, 1.807) is 0 Å². The normalized spacial score (nSPS) is 9.42. The summed E-state index contributed by atoms with van der Waals surface area (Å²) < 4.78 is 1.42. The number of nitrogens with zero attached hydrogens (tertiary/aromatic N) is 2. The smallest absolute Gasteiger partial charge is 0.333 e. The molecule has 2 amide bonds. The molecule has 1 heterocycles. The Morgan fingerprint density at radius 3 is 2.42 bits per heavy atom. The first-order valence-electron chi connectivity index (χ1n) is 3.33. The van der Waals surface area contributed by atoms with Gasteiger partial charge in [0.15, 0.2) is 5.43 Å². The van der Waals surface area contributed by atoms with Gasteiger partial charge in [0.2, 0.25) is 0 Å². The van der Waals surface area contributed by atoms with Crippen molar-refractivity contribution in [1.82, 2.24) is 4.68 Å². The van der Waals surface area contributed by atoms with Crippen LogP contribution < -0.4 is 16.2 Å². The van der Waals surface area contributed by atoms with Gasteiger partial charge in [-0.15, -0.1) is 0 Å². The van der Waals surface area contributed by atoms with E-state index >= 15 is 0 Å². The van der Waals surface area contributed by atoms with Crippen LogP contribution in [0.3, 0.4) is 0 Å². The first-order chi connectivity index (χ1) is 5.61. The molecule has 12 heavy (non-hydrogen) atoms. The summed E-state index contributed by atoms with van der Waals surface area (Å²) in [6.45, 7) is 0. The molecule has 1 aromatic heterocycles. The number of amides is 2. The summed E-state index contributed by atoms with van der Waals surface area (Å²) in [5, 5.41) is 1.18. The van der Waals surface area contributed by atoms with E-state index in [4.69, 9.17) is 5.73 Å². The second kappa shape index (κ2) is 3.08. The summed E-state index contributed by atoms with van der Waals surface area (Å²) in [4.78, 5) is 21.3. The predicted octanol–water partition coefficient (Wildman–Crippen LogP) is -0.505. The van der Waals surface area contributed by atoms with E-state index in [1.165, 1.54) is 41.3 Å². The van der Waals surface area contributed by atoms with Crippen molar-refractivity contribution in [2.24, 2.45) is 5.73 Å². The van der Waals surface area contributed by atoms with Crippen LogP contribution in [-0.2, 0) is 0 Å². The lowest BCUT2D eigenvalue weighted by Gasteiger charge is -2.16. The molecule has 0 saturated heterocycles. The molecule has 0 fully saturated rings. The Morgan fingerprint density at radius 2 is 2.00 bits per heavy atom. The third-order valence-electron chi connectivity index (χ3n) is 1.45. The van der Waals surface area contributed by atoms with Crippen LogP contribution in [0.4, 0.5) is 4.79 Å². The Bertz CT molecular complexity index is 324. The van der Waals surface area contributed by atoms with E-state index in [0.29, 0.717) is 0 Å². The maximum Gasteiger partial charge on any atom is 0.333 e. The molecule has 0 aromatic carbocycles. The van der Waals surface area contributed by atoms with E-state index in [2.05, 4.69) is 0 Å². The molecule has 5 heteroatoms. The number of carbonyl (C=O) groups excluding carboxylic acids is 1. The molecule has 5 nitrogen and oxygen atoms in total. The highest BCUT2D eigenvalue weighted by molar-refractivity contribution is 5.81. The molecule has 0 aliphatic rings. The minimum atomic E-state index is -0.585. The monoisotopic (exact) mass is 167 g/mol. The Morgan fingerprint density at radius 1 is 1.50 bits per heavy atom. The topological polar surface area (TPSA) is 68.3 Å². The first kappa shape index (κ1) is 8.32. The molecule has 1 aromatic rings. The van der Waals surface area contributed by atoms with Gasteiger partial charge in [-0.05, 0) is 0 Å². The van der Waals surface area contributed by atoms with Gasteiger partial charge in [-0.1, -0.05) is 0 Å². The van der Waals surface area contributed by atoms with Crippen molar-refractivity contribution < 1.29 is 4.79 Å². The van der Waals surface area contributed by atoms with E-state index in [9.17, 15) is 9.59 Å². The van der Waals surface area contributed by atoms with E-state index < -0.39 is 6.03 Å². The van der Waals surface area contributed by atoms with Gasteiger partial charge in [0.25, 0.3) is 0 Å². The maximum atomic E-state index is 10.7. The molecule has 2 N–H and O–H groups in total. The molecule has 0 spiro atoms. The first-order valence-corrected chi connectivity index (χ1v) is 3.33. The molecule has 1 rings (SSSR count). The molecule has 0 bridgehead atoms. The summed E-state index contributed by atoms with van der Waals surface area (Å²) in [6.07, 6.45) is 2.93. The summed E-state index contributed by atoms with van der Waals surface area (Å²) in [5.74, 6) is 0. The fraction of sp³-hybridized carbons (Fsp3) is 0.143. The van der Waals surface area contributed by atoms with Crippen LogP contribution in [0.5, 0.6) is 0 Å². The lowest BCUT2D eigenvalue weighted by molar-refractivity contribution is 0.250. The number of hydrogen-bond donors (Lipinski definition) is 1. The van der Waals surface area contributed by atoms with Gasteiger partial charge >= 0.3 is 6.03 Å². The Labute approximate surface area is 69.0 Å². The third-order valence-corrected chi connectivity index (χ3v) is 1.45. The van der Waals surface area contributed by atoms with Gasteiger partial charge in [-0.2, -0.15) is 0 Å². The van der Waals surface area contributed by atoms with Gasteiger partial charge in [-0.3, -0.25) is 9.47 Å². The fourth-order valence-electron chi connectivity index (χ4n) is 0.719. The zero-order valence-corrected chi connectivity index (χ0v) is 6.60. The average Bonchev–Trinajstić information content (AvgIpc) is 2.04. The lowest BCUT2D eigenvalue weighted by atomic mass is 10.5. The SMILES string of the molecule is CN(C(N)=O)n1ccc(=O)cc1. The highest BCUT2D eigenvalue weighted by Gasteiger charge is 2.01. The number of aromatic nitrogens is 1. The van der Waals surface area contributed by atoms with Crippen LogP contribution in [0.1, 0.15) is 0 Å². The Kier molecular flexibility index (Phi) is 2.14. The largest absolute Gasteiger partial charge is 0.350 e. The number of pyridine rings is 1. The zero-order valence-electron chi connectivity index (χ0n) is 6.60. The maximum absolute atomic E-state index is 10.7. The van der Waals surface area contributed by atoms with Crippen LogP contribution in [-0.4, -0.2) is 17.8 Å². The van der Waals surface area contributed by atoms with Crippen LogP contribution in [0.25, 0.3) is 0 Å². The van der Waals surface area contributed by atoms with Crippen LogP contribution >= 0.6 is 0 Å². The quantitative estimate of drug-likeness (QED) is 0.612. The molecule has 0 aliphatic carbocycles. The summed E-state index contributed by atoms with van der Waals surface area (Å²) in [6, 6.07) is 2.11. The van der Waals surface area contributed by atoms with Gasteiger partial charge in [-0.25, -0.2) is 9.80 Å². The van der Waals surface area contributed by atoms with Crippen LogP contribution in [0.15, 0.2) is 29.3 Å². The number of carbonyl (C=O) groups is 1. The standard InChI is InChI=1S/C7H9N3O2/c1-9(7(8)12)10-4-2-6(11)3-5-10/h2-5H,1H3,(H2,8,12). The average molecular weight is 167 g/mol. The van der Waals surface area contributed by atoms with Gasteiger partial charge in [0.05, 0.1) is 0 Å². The summed E-state index contributed by atoms with van der Waals surface area (Å²) in [5.41, 5.74) is 4.89. The van der Waals surface area contributed by atoms with E-state index in [1.807, 2.05) is 0 Å². The summed E-state index contributed by atoms with van der Waals surface area (Å²) in [7, 11) is 1.51. The lowest BCUT2D eigenvalue weighted by Crippen LogP contribution is -2.40. The van der Waals surface area contributed by atoms with Gasteiger partial charge in [0.1, 0.15) is 0 Å². The Balaban J connectivity index is 2.97. The second-order valence-corrected chi connectivity index (χ2v) is 2.28. The number of rotatable bonds is 1. The van der Waals surface area contributed by atoms with E-state index in [-0.39, 0.29) is 5.43 Å². The molecule has 0 aliphatic heterocycles.